The van der Waals surface area contributed by atoms with Crippen molar-refractivity contribution in [3.63, 3.8) is 0 Å². The molecule has 0 spiro atoms. The van der Waals surface area contributed by atoms with E-state index < -0.39 is 0 Å². The number of fused-ring (bicyclic) bond motifs is 1. The highest BCUT2D eigenvalue weighted by molar-refractivity contribution is 6.07. The molecule has 0 saturated heterocycles. The van der Waals surface area contributed by atoms with Crippen LogP contribution in [0.3, 0.4) is 0 Å². The first-order chi connectivity index (χ1) is 14.1. The molecule has 146 valence electrons. The minimum Gasteiger partial charge on any atom is -0.457 e. The lowest BCUT2D eigenvalue weighted by atomic mass is 9.99. The summed E-state index contributed by atoms with van der Waals surface area (Å²) in [6, 6.07) is 22.4. The fraction of sp³-hybridized carbons (Fsp3) is 0.167. The van der Waals surface area contributed by atoms with Crippen LogP contribution in [0.4, 0.5) is 11.4 Å². The Morgan fingerprint density at radius 3 is 2.59 bits per heavy atom. The first-order valence-electron chi connectivity index (χ1n) is 9.63. The maximum absolute atomic E-state index is 13.2. The van der Waals surface area contributed by atoms with Crippen LogP contribution in [0.2, 0.25) is 0 Å². The van der Waals surface area contributed by atoms with Crippen molar-refractivity contribution in [2.24, 2.45) is 0 Å². The maximum atomic E-state index is 13.2. The van der Waals surface area contributed by atoms with Gasteiger partial charge in [-0.25, -0.2) is 0 Å². The third kappa shape index (κ3) is 4.29. The van der Waals surface area contributed by atoms with Crippen LogP contribution in [-0.4, -0.2) is 17.7 Å². The first kappa shape index (κ1) is 18.7. The van der Waals surface area contributed by atoms with Crippen LogP contribution in [0, 0.1) is 0 Å². The van der Waals surface area contributed by atoms with Crippen molar-refractivity contribution < 1.29 is 14.3 Å². The number of anilines is 2. The highest BCUT2D eigenvalue weighted by Crippen LogP contribution is 2.32. The number of hydrogen-bond donors (Lipinski definition) is 2. The van der Waals surface area contributed by atoms with Crippen molar-refractivity contribution in [2.45, 2.75) is 25.8 Å². The number of hydrogen-bond acceptors (Lipinski definition) is 4. The Bertz CT molecular complexity index is 1050. The summed E-state index contributed by atoms with van der Waals surface area (Å²) in [6.07, 6.45) is 0.555. The maximum Gasteiger partial charge on any atom is 0.226 e. The van der Waals surface area contributed by atoms with Crippen molar-refractivity contribution in [1.29, 1.82) is 0 Å². The van der Waals surface area contributed by atoms with Crippen LogP contribution in [0.25, 0.3) is 0 Å². The average molecular weight is 386 g/mol. The smallest absolute Gasteiger partial charge is 0.226 e. The SMILES string of the molecule is CC1CC(=O)Nc2cccc(C(=O)Cc3ccccc3Oc3ccccc3)c2N1. The predicted octanol–water partition coefficient (Wildman–Crippen LogP) is 5.05. The monoisotopic (exact) mass is 386 g/mol. The summed E-state index contributed by atoms with van der Waals surface area (Å²) in [5.74, 6) is 1.28. The fourth-order valence-corrected chi connectivity index (χ4v) is 3.45. The van der Waals surface area contributed by atoms with Gasteiger partial charge in [0.25, 0.3) is 0 Å². The summed E-state index contributed by atoms with van der Waals surface area (Å²) in [5.41, 5.74) is 2.69. The molecular weight excluding hydrogens is 364 g/mol. The Balaban J connectivity index is 1.62. The molecule has 5 nitrogen and oxygen atoms in total. The van der Waals surface area contributed by atoms with E-state index >= 15 is 0 Å². The van der Waals surface area contributed by atoms with Crippen molar-refractivity contribution in [2.75, 3.05) is 10.6 Å². The Kier molecular flexibility index (Phi) is 5.29. The standard InChI is InChI=1S/C24H22N2O3/c1-16-14-23(28)26-20-12-7-11-19(24(20)25-16)21(27)15-17-8-5-6-13-22(17)29-18-9-3-2-4-10-18/h2-13,16,25H,14-15H2,1H3,(H,26,28). The molecule has 3 aromatic carbocycles. The predicted molar refractivity (Wildman–Crippen MR) is 114 cm³/mol. The summed E-state index contributed by atoms with van der Waals surface area (Å²) in [7, 11) is 0. The topological polar surface area (TPSA) is 67.4 Å². The van der Waals surface area contributed by atoms with E-state index in [9.17, 15) is 9.59 Å². The zero-order valence-corrected chi connectivity index (χ0v) is 16.1. The fourth-order valence-electron chi connectivity index (χ4n) is 3.45. The molecule has 5 heteroatoms. The van der Waals surface area contributed by atoms with Crippen LogP contribution in [0.15, 0.2) is 72.8 Å². The van der Waals surface area contributed by atoms with E-state index in [1.165, 1.54) is 0 Å². The summed E-state index contributed by atoms with van der Waals surface area (Å²) in [6.45, 7) is 1.93. The number of carbonyl (C=O) groups excluding carboxylic acids is 2. The Labute approximate surface area is 169 Å². The van der Waals surface area contributed by atoms with Crippen LogP contribution in [0.1, 0.15) is 29.3 Å². The summed E-state index contributed by atoms with van der Waals surface area (Å²) < 4.78 is 5.99. The molecular formula is C24H22N2O3. The molecule has 0 radical (unpaired) electrons. The second-order valence-electron chi connectivity index (χ2n) is 7.15. The number of ketones is 1. The van der Waals surface area contributed by atoms with Gasteiger partial charge in [0, 0.05) is 30.0 Å². The Morgan fingerprint density at radius 2 is 1.76 bits per heavy atom. The average Bonchev–Trinajstić information content (AvgIpc) is 2.86. The Morgan fingerprint density at radius 1 is 1.00 bits per heavy atom. The molecule has 0 aliphatic carbocycles. The second kappa shape index (κ2) is 8.19. The van der Waals surface area contributed by atoms with Gasteiger partial charge < -0.3 is 15.4 Å². The van der Waals surface area contributed by atoms with Gasteiger partial charge in [-0.3, -0.25) is 9.59 Å². The van der Waals surface area contributed by atoms with Gasteiger partial charge in [-0.2, -0.15) is 0 Å². The van der Waals surface area contributed by atoms with Crippen molar-refractivity contribution in [1.82, 2.24) is 0 Å². The minimum atomic E-state index is -0.0602. The van der Waals surface area contributed by atoms with Crippen molar-refractivity contribution in [3.8, 4) is 11.5 Å². The zero-order chi connectivity index (χ0) is 20.2. The molecule has 0 aromatic heterocycles. The van der Waals surface area contributed by atoms with E-state index in [0.717, 1.165) is 11.3 Å². The van der Waals surface area contributed by atoms with E-state index in [-0.39, 0.29) is 24.2 Å². The van der Waals surface area contributed by atoms with E-state index in [1.807, 2.05) is 67.6 Å². The van der Waals surface area contributed by atoms with Gasteiger partial charge in [-0.1, -0.05) is 42.5 Å². The number of para-hydroxylation sites is 3. The highest BCUT2D eigenvalue weighted by Gasteiger charge is 2.23. The molecule has 3 aromatic rings. The van der Waals surface area contributed by atoms with Crippen LogP contribution in [-0.2, 0) is 11.2 Å². The van der Waals surface area contributed by atoms with E-state index in [2.05, 4.69) is 10.6 Å². The number of ether oxygens (including phenoxy) is 1. The van der Waals surface area contributed by atoms with Gasteiger partial charge in [0.05, 0.1) is 11.4 Å². The number of carbonyl (C=O) groups is 2. The van der Waals surface area contributed by atoms with E-state index in [0.29, 0.717) is 29.1 Å². The molecule has 29 heavy (non-hydrogen) atoms. The van der Waals surface area contributed by atoms with Crippen LogP contribution >= 0.6 is 0 Å². The molecule has 0 fully saturated rings. The highest BCUT2D eigenvalue weighted by atomic mass is 16.5. The van der Waals surface area contributed by atoms with Gasteiger partial charge in [0.2, 0.25) is 5.91 Å². The molecule has 0 saturated carbocycles. The van der Waals surface area contributed by atoms with Gasteiger partial charge in [0.15, 0.2) is 5.78 Å². The molecule has 1 amide bonds. The number of Topliss-reactive ketones (excluding diaryl/α,β-unsaturated/α-hetero) is 1. The largest absolute Gasteiger partial charge is 0.457 e. The molecule has 1 aliphatic rings. The quantitative estimate of drug-likeness (QED) is 0.603. The minimum absolute atomic E-state index is 0.0400. The molecule has 4 rings (SSSR count). The molecule has 0 bridgehead atoms. The first-order valence-corrected chi connectivity index (χ1v) is 9.63. The molecule has 1 heterocycles. The van der Waals surface area contributed by atoms with Crippen molar-refractivity contribution >= 4 is 23.1 Å². The van der Waals surface area contributed by atoms with Gasteiger partial charge >= 0.3 is 0 Å². The third-order valence-electron chi connectivity index (χ3n) is 4.82. The number of rotatable bonds is 5. The zero-order valence-electron chi connectivity index (χ0n) is 16.1. The van der Waals surface area contributed by atoms with Gasteiger partial charge in [-0.05, 0) is 37.3 Å². The van der Waals surface area contributed by atoms with Crippen LogP contribution < -0.4 is 15.4 Å². The van der Waals surface area contributed by atoms with E-state index in [4.69, 9.17) is 4.74 Å². The molecule has 1 unspecified atom stereocenters. The third-order valence-corrected chi connectivity index (χ3v) is 4.82. The normalized spacial score (nSPS) is 15.5. The second-order valence-corrected chi connectivity index (χ2v) is 7.15. The Hall–Kier alpha value is -3.60. The van der Waals surface area contributed by atoms with E-state index in [1.54, 1.807) is 12.1 Å². The number of nitrogens with one attached hydrogen (secondary N) is 2. The van der Waals surface area contributed by atoms with Gasteiger partial charge in [-0.15, -0.1) is 0 Å². The summed E-state index contributed by atoms with van der Waals surface area (Å²) >= 11 is 0. The van der Waals surface area contributed by atoms with Gasteiger partial charge in [0.1, 0.15) is 11.5 Å². The van der Waals surface area contributed by atoms with Crippen molar-refractivity contribution in [3.05, 3.63) is 83.9 Å². The van der Waals surface area contributed by atoms with Crippen LogP contribution in [0.5, 0.6) is 11.5 Å². The molecule has 1 aliphatic heterocycles. The number of benzene rings is 3. The lowest BCUT2D eigenvalue weighted by molar-refractivity contribution is -0.116. The summed E-state index contributed by atoms with van der Waals surface area (Å²) in [5, 5.41) is 6.18. The lowest BCUT2D eigenvalue weighted by Gasteiger charge is -2.16. The lowest BCUT2D eigenvalue weighted by Crippen LogP contribution is -2.19. The number of amides is 1. The molecule has 1 atom stereocenters. The molecule has 2 N–H and O–H groups in total. The summed E-state index contributed by atoms with van der Waals surface area (Å²) in [4.78, 5) is 25.2.